The molecule has 2 heteroatoms. The molecule has 0 heterocycles. The monoisotopic (exact) mass is 185 g/mol. The molecule has 14 heavy (non-hydrogen) atoms. The largest absolute Gasteiger partial charge is 0.399 e. The summed E-state index contributed by atoms with van der Waals surface area (Å²) in [5, 5.41) is 6.17. The van der Waals surface area contributed by atoms with Crippen LogP contribution in [-0.4, -0.2) is 13.3 Å². The van der Waals surface area contributed by atoms with Gasteiger partial charge in [0.25, 0.3) is 0 Å². The summed E-state index contributed by atoms with van der Waals surface area (Å²) in [5.74, 6) is 0. The molecule has 0 unspecified atom stereocenters. The Kier molecular flexibility index (Phi) is 2.45. The van der Waals surface area contributed by atoms with Gasteiger partial charge in [0.1, 0.15) is 7.11 Å². The smallest absolute Gasteiger partial charge is 0.106 e. The summed E-state index contributed by atoms with van der Waals surface area (Å²) < 4.78 is 0. The quantitative estimate of drug-likeness (QED) is 0.520. The summed E-state index contributed by atoms with van der Waals surface area (Å²) in [4.78, 5) is 4.66. The summed E-state index contributed by atoms with van der Waals surface area (Å²) in [5.41, 5.74) is 1.07. The lowest BCUT2D eigenvalue weighted by molar-refractivity contribution is 0.215. The van der Waals surface area contributed by atoms with E-state index in [2.05, 4.69) is 28.2 Å². The predicted molar refractivity (Wildman–Crippen MR) is 58.6 cm³/mol. The van der Waals surface area contributed by atoms with Crippen LogP contribution in [0.15, 0.2) is 47.6 Å². The minimum absolute atomic E-state index is 1.07. The van der Waals surface area contributed by atoms with Gasteiger partial charge in [-0.1, -0.05) is 47.6 Å². The number of oxime groups is 1. The predicted octanol–water partition coefficient (Wildman–Crippen LogP) is 2.82. The van der Waals surface area contributed by atoms with E-state index in [9.17, 15) is 0 Å². The van der Waals surface area contributed by atoms with Crippen LogP contribution in [0.1, 0.15) is 5.56 Å². The van der Waals surface area contributed by atoms with Crippen LogP contribution in [0.25, 0.3) is 10.8 Å². The van der Waals surface area contributed by atoms with Gasteiger partial charge in [0.2, 0.25) is 0 Å². The van der Waals surface area contributed by atoms with Crippen LogP contribution >= 0.6 is 0 Å². The van der Waals surface area contributed by atoms with Crippen molar-refractivity contribution >= 4 is 17.0 Å². The van der Waals surface area contributed by atoms with Crippen LogP contribution in [0, 0.1) is 0 Å². The highest BCUT2D eigenvalue weighted by molar-refractivity contribution is 5.99. The molecule has 0 N–H and O–H groups in total. The summed E-state index contributed by atoms with van der Waals surface area (Å²) in [6, 6.07) is 14.3. The normalized spacial score (nSPS) is 10.9. The Bertz CT molecular complexity index is 457. The number of benzene rings is 2. The lowest BCUT2D eigenvalue weighted by atomic mass is 10.1. The lowest BCUT2D eigenvalue weighted by Gasteiger charge is -2.00. The van der Waals surface area contributed by atoms with E-state index >= 15 is 0 Å². The first-order chi connectivity index (χ1) is 6.92. The number of rotatable bonds is 2. The molecule has 0 fully saturated rings. The molecular weight excluding hydrogens is 174 g/mol. The molecular formula is C12H11NO. The molecule has 0 atom stereocenters. The van der Waals surface area contributed by atoms with E-state index in [1.54, 1.807) is 13.3 Å². The van der Waals surface area contributed by atoms with Gasteiger partial charge in [-0.3, -0.25) is 0 Å². The average Bonchev–Trinajstić information content (AvgIpc) is 2.26. The fraction of sp³-hybridized carbons (Fsp3) is 0.0833. The maximum atomic E-state index is 4.66. The van der Waals surface area contributed by atoms with E-state index in [1.165, 1.54) is 10.8 Å². The Morgan fingerprint density at radius 2 is 1.86 bits per heavy atom. The van der Waals surface area contributed by atoms with E-state index in [1.807, 2.05) is 24.3 Å². The van der Waals surface area contributed by atoms with Crippen molar-refractivity contribution in [3.05, 3.63) is 48.0 Å². The van der Waals surface area contributed by atoms with Crippen molar-refractivity contribution in [2.75, 3.05) is 7.11 Å². The maximum Gasteiger partial charge on any atom is 0.106 e. The zero-order valence-electron chi connectivity index (χ0n) is 7.97. The van der Waals surface area contributed by atoms with Crippen molar-refractivity contribution in [2.45, 2.75) is 0 Å². The first-order valence-electron chi connectivity index (χ1n) is 4.46. The first-order valence-corrected chi connectivity index (χ1v) is 4.46. The number of fused-ring (bicyclic) bond motifs is 1. The second kappa shape index (κ2) is 3.92. The van der Waals surface area contributed by atoms with Gasteiger partial charge < -0.3 is 4.84 Å². The highest BCUT2D eigenvalue weighted by Gasteiger charge is 1.96. The van der Waals surface area contributed by atoms with Crippen LogP contribution in [0.2, 0.25) is 0 Å². The summed E-state index contributed by atoms with van der Waals surface area (Å²) >= 11 is 0. The number of hydrogen-bond acceptors (Lipinski definition) is 2. The van der Waals surface area contributed by atoms with Gasteiger partial charge in [-0.15, -0.1) is 0 Å². The molecule has 0 amide bonds. The van der Waals surface area contributed by atoms with E-state index < -0.39 is 0 Å². The lowest BCUT2D eigenvalue weighted by Crippen LogP contribution is -1.84. The second-order valence-electron chi connectivity index (χ2n) is 2.99. The average molecular weight is 185 g/mol. The molecule has 0 saturated heterocycles. The van der Waals surface area contributed by atoms with Gasteiger partial charge in [0, 0.05) is 5.56 Å². The third-order valence-corrected chi connectivity index (χ3v) is 2.12. The Morgan fingerprint density at radius 1 is 1.07 bits per heavy atom. The molecule has 0 bridgehead atoms. The number of nitrogens with zero attached hydrogens (tertiary/aromatic N) is 1. The zero-order valence-corrected chi connectivity index (χ0v) is 7.97. The van der Waals surface area contributed by atoms with E-state index in [-0.39, 0.29) is 0 Å². The molecule has 0 spiro atoms. The van der Waals surface area contributed by atoms with E-state index in [0.29, 0.717) is 0 Å². The van der Waals surface area contributed by atoms with Gasteiger partial charge in [-0.25, -0.2) is 0 Å². The van der Waals surface area contributed by atoms with Crippen LogP contribution in [0.3, 0.4) is 0 Å². The van der Waals surface area contributed by atoms with Crippen LogP contribution < -0.4 is 0 Å². The first kappa shape index (κ1) is 8.75. The van der Waals surface area contributed by atoms with Crippen molar-refractivity contribution in [3.63, 3.8) is 0 Å². The van der Waals surface area contributed by atoms with E-state index in [0.717, 1.165) is 5.56 Å². The van der Waals surface area contributed by atoms with Crippen molar-refractivity contribution < 1.29 is 4.84 Å². The third-order valence-electron chi connectivity index (χ3n) is 2.12. The molecule has 2 aromatic carbocycles. The van der Waals surface area contributed by atoms with Crippen molar-refractivity contribution in [1.29, 1.82) is 0 Å². The molecule has 0 aromatic heterocycles. The molecule has 70 valence electrons. The van der Waals surface area contributed by atoms with Gasteiger partial charge in [-0.05, 0) is 10.8 Å². The summed E-state index contributed by atoms with van der Waals surface area (Å²) in [7, 11) is 1.54. The molecule has 0 aliphatic carbocycles. The van der Waals surface area contributed by atoms with Crippen LogP contribution in [-0.2, 0) is 4.84 Å². The molecule has 2 aromatic rings. The molecule has 0 aliphatic heterocycles. The highest BCUT2D eigenvalue weighted by atomic mass is 16.6. The molecule has 0 aliphatic rings. The highest BCUT2D eigenvalue weighted by Crippen LogP contribution is 2.16. The summed E-state index contributed by atoms with van der Waals surface area (Å²) in [6.07, 6.45) is 1.72. The van der Waals surface area contributed by atoms with Gasteiger partial charge >= 0.3 is 0 Å². The Labute approximate surface area is 82.8 Å². The Balaban J connectivity index is 2.59. The summed E-state index contributed by atoms with van der Waals surface area (Å²) in [6.45, 7) is 0. The fourth-order valence-corrected chi connectivity index (χ4v) is 1.47. The number of hydrogen-bond donors (Lipinski definition) is 0. The molecule has 0 radical (unpaired) electrons. The van der Waals surface area contributed by atoms with Crippen molar-refractivity contribution in [3.8, 4) is 0 Å². The third kappa shape index (κ3) is 1.59. The fourth-order valence-electron chi connectivity index (χ4n) is 1.47. The molecule has 2 rings (SSSR count). The van der Waals surface area contributed by atoms with Gasteiger partial charge in [0.05, 0.1) is 6.21 Å². The van der Waals surface area contributed by atoms with Gasteiger partial charge in [-0.2, -0.15) is 0 Å². The SMILES string of the molecule is CO/N=C/c1cccc2ccccc12. The minimum atomic E-state index is 1.07. The maximum absolute atomic E-state index is 4.66. The van der Waals surface area contributed by atoms with Crippen molar-refractivity contribution in [1.82, 2.24) is 0 Å². The van der Waals surface area contributed by atoms with Crippen LogP contribution in [0.4, 0.5) is 0 Å². The second-order valence-corrected chi connectivity index (χ2v) is 2.99. The van der Waals surface area contributed by atoms with E-state index in [4.69, 9.17) is 0 Å². The van der Waals surface area contributed by atoms with Crippen LogP contribution in [0.5, 0.6) is 0 Å². The topological polar surface area (TPSA) is 21.6 Å². The standard InChI is InChI=1S/C12H11NO/c1-14-13-9-11-7-4-6-10-5-2-3-8-12(10)11/h2-9H,1H3/b13-9+. The Morgan fingerprint density at radius 3 is 2.71 bits per heavy atom. The van der Waals surface area contributed by atoms with Gasteiger partial charge in [0.15, 0.2) is 0 Å². The zero-order chi connectivity index (χ0) is 9.80. The molecule has 0 saturated carbocycles. The minimum Gasteiger partial charge on any atom is -0.399 e. The van der Waals surface area contributed by atoms with Crippen molar-refractivity contribution in [2.24, 2.45) is 5.16 Å². The Hall–Kier alpha value is -1.83. The molecule has 2 nitrogen and oxygen atoms in total.